The van der Waals surface area contributed by atoms with Crippen LogP contribution in [0.25, 0.3) is 0 Å². The maximum atomic E-state index is 13.1. The maximum Gasteiger partial charge on any atom is 0.235 e. The van der Waals surface area contributed by atoms with E-state index in [1.165, 1.54) is 0 Å². The Morgan fingerprint density at radius 2 is 1.83 bits per heavy atom. The number of benzene rings is 2. The van der Waals surface area contributed by atoms with Gasteiger partial charge in [0.05, 0.1) is 12.0 Å². The molecule has 2 aromatic carbocycles. The highest BCUT2D eigenvalue weighted by Gasteiger charge is 2.42. The van der Waals surface area contributed by atoms with Crippen LogP contribution in [-0.2, 0) is 10.2 Å². The van der Waals surface area contributed by atoms with E-state index >= 15 is 0 Å². The van der Waals surface area contributed by atoms with Gasteiger partial charge in [0.15, 0.2) is 0 Å². The van der Waals surface area contributed by atoms with E-state index in [9.17, 15) is 4.79 Å². The van der Waals surface area contributed by atoms with Crippen molar-refractivity contribution in [3.05, 3.63) is 60.2 Å². The topological polar surface area (TPSA) is 38.3 Å². The predicted molar refractivity (Wildman–Crippen MR) is 92.8 cm³/mol. The Labute approximate surface area is 137 Å². The number of hydrogen-bond donors (Lipinski definition) is 1. The van der Waals surface area contributed by atoms with Gasteiger partial charge < -0.3 is 10.1 Å². The summed E-state index contributed by atoms with van der Waals surface area (Å²) >= 11 is 0. The minimum atomic E-state index is -0.400. The summed E-state index contributed by atoms with van der Waals surface area (Å²) in [4.78, 5) is 13.1. The Morgan fingerprint density at radius 3 is 2.52 bits per heavy atom. The van der Waals surface area contributed by atoms with Gasteiger partial charge in [0, 0.05) is 11.8 Å². The number of ether oxygens (including phenoxy) is 1. The summed E-state index contributed by atoms with van der Waals surface area (Å²) in [7, 11) is 0. The predicted octanol–water partition coefficient (Wildman–Crippen LogP) is 4.54. The van der Waals surface area contributed by atoms with Crippen LogP contribution >= 0.6 is 0 Å². The van der Waals surface area contributed by atoms with Crippen LogP contribution in [0.2, 0.25) is 0 Å². The zero-order valence-electron chi connectivity index (χ0n) is 13.5. The Bertz CT molecular complexity index is 660. The third-order valence-corrected chi connectivity index (χ3v) is 4.62. The quantitative estimate of drug-likeness (QED) is 0.881. The van der Waals surface area contributed by atoms with E-state index < -0.39 is 5.41 Å². The fourth-order valence-corrected chi connectivity index (χ4v) is 3.46. The summed E-state index contributed by atoms with van der Waals surface area (Å²) in [6.45, 7) is 2.57. The van der Waals surface area contributed by atoms with Crippen molar-refractivity contribution >= 4 is 11.6 Å². The molecular weight excluding hydrogens is 286 g/mol. The number of rotatable bonds is 5. The van der Waals surface area contributed by atoms with Gasteiger partial charge in [-0.2, -0.15) is 0 Å². The Hall–Kier alpha value is -2.29. The van der Waals surface area contributed by atoms with E-state index in [1.54, 1.807) is 0 Å². The Balaban J connectivity index is 1.84. The first-order valence-corrected chi connectivity index (χ1v) is 8.34. The van der Waals surface area contributed by atoms with Gasteiger partial charge in [-0.25, -0.2) is 0 Å². The van der Waals surface area contributed by atoms with E-state index in [0.29, 0.717) is 6.61 Å². The van der Waals surface area contributed by atoms with Crippen molar-refractivity contribution in [2.45, 2.75) is 38.0 Å². The molecule has 0 spiro atoms. The average molecular weight is 309 g/mol. The molecule has 1 N–H and O–H groups in total. The molecule has 1 amide bonds. The van der Waals surface area contributed by atoms with Crippen LogP contribution in [-0.4, -0.2) is 12.5 Å². The highest BCUT2D eigenvalue weighted by atomic mass is 16.5. The molecule has 3 heteroatoms. The fraction of sp³-hybridized carbons (Fsp3) is 0.350. The van der Waals surface area contributed by atoms with Crippen molar-refractivity contribution in [1.29, 1.82) is 0 Å². The SMILES string of the molecule is CCOc1cccc(NC(=O)C2(c3ccccc3)CCCC2)c1. The van der Waals surface area contributed by atoms with Crippen LogP contribution in [0, 0.1) is 0 Å². The Morgan fingerprint density at radius 1 is 1.09 bits per heavy atom. The van der Waals surface area contributed by atoms with E-state index in [1.807, 2.05) is 49.4 Å². The summed E-state index contributed by atoms with van der Waals surface area (Å²) in [5.41, 5.74) is 1.52. The smallest absolute Gasteiger partial charge is 0.235 e. The third-order valence-electron chi connectivity index (χ3n) is 4.62. The van der Waals surface area contributed by atoms with Gasteiger partial charge in [-0.1, -0.05) is 49.2 Å². The number of hydrogen-bond acceptors (Lipinski definition) is 2. The fourth-order valence-electron chi connectivity index (χ4n) is 3.46. The minimum absolute atomic E-state index is 0.0925. The van der Waals surface area contributed by atoms with Gasteiger partial charge in [0.25, 0.3) is 0 Å². The van der Waals surface area contributed by atoms with Crippen LogP contribution in [0.15, 0.2) is 54.6 Å². The lowest BCUT2D eigenvalue weighted by molar-refractivity contribution is -0.121. The standard InChI is InChI=1S/C20H23NO2/c1-2-23-18-12-8-11-17(15-18)21-19(22)20(13-6-7-14-20)16-9-4-3-5-10-16/h3-5,8-12,15H,2,6-7,13-14H2,1H3,(H,21,22). The second kappa shape index (κ2) is 6.86. The molecule has 0 heterocycles. The highest BCUT2D eigenvalue weighted by molar-refractivity contribution is 5.99. The normalized spacial score (nSPS) is 16.0. The minimum Gasteiger partial charge on any atom is -0.494 e. The average Bonchev–Trinajstić information content (AvgIpc) is 3.07. The molecule has 1 fully saturated rings. The van der Waals surface area contributed by atoms with Gasteiger partial charge >= 0.3 is 0 Å². The zero-order valence-corrected chi connectivity index (χ0v) is 13.5. The molecule has 23 heavy (non-hydrogen) atoms. The molecule has 0 atom stereocenters. The van der Waals surface area contributed by atoms with Gasteiger partial charge in [-0.3, -0.25) is 4.79 Å². The lowest BCUT2D eigenvalue weighted by Crippen LogP contribution is -2.37. The number of amides is 1. The van der Waals surface area contributed by atoms with E-state index in [0.717, 1.165) is 42.7 Å². The molecule has 0 unspecified atom stereocenters. The van der Waals surface area contributed by atoms with Crippen molar-refractivity contribution in [2.24, 2.45) is 0 Å². The molecule has 0 aliphatic heterocycles. The van der Waals surface area contributed by atoms with E-state index in [4.69, 9.17) is 4.74 Å². The van der Waals surface area contributed by atoms with Crippen molar-refractivity contribution < 1.29 is 9.53 Å². The number of anilines is 1. The largest absolute Gasteiger partial charge is 0.494 e. The third kappa shape index (κ3) is 3.24. The molecule has 1 aliphatic rings. The van der Waals surface area contributed by atoms with Crippen molar-refractivity contribution in [3.63, 3.8) is 0 Å². The molecule has 1 aliphatic carbocycles. The number of carbonyl (C=O) groups excluding carboxylic acids is 1. The first-order valence-electron chi connectivity index (χ1n) is 8.34. The van der Waals surface area contributed by atoms with Crippen LogP contribution in [0.5, 0.6) is 5.75 Å². The molecule has 2 aromatic rings. The molecule has 3 nitrogen and oxygen atoms in total. The maximum absolute atomic E-state index is 13.1. The van der Waals surface area contributed by atoms with E-state index in [-0.39, 0.29) is 5.91 Å². The lowest BCUT2D eigenvalue weighted by Gasteiger charge is -2.28. The first-order chi connectivity index (χ1) is 11.2. The molecule has 3 rings (SSSR count). The van der Waals surface area contributed by atoms with Gasteiger partial charge in [0.1, 0.15) is 5.75 Å². The summed E-state index contributed by atoms with van der Waals surface area (Å²) in [5, 5.41) is 3.10. The molecule has 0 saturated heterocycles. The monoisotopic (exact) mass is 309 g/mol. The van der Waals surface area contributed by atoms with Crippen LogP contribution < -0.4 is 10.1 Å². The van der Waals surface area contributed by atoms with Gasteiger partial charge in [-0.05, 0) is 37.5 Å². The van der Waals surface area contributed by atoms with E-state index in [2.05, 4.69) is 17.4 Å². The molecule has 0 radical (unpaired) electrons. The number of nitrogens with one attached hydrogen (secondary N) is 1. The lowest BCUT2D eigenvalue weighted by atomic mass is 9.78. The first kappa shape index (κ1) is 15.6. The summed E-state index contributed by atoms with van der Waals surface area (Å²) in [5.74, 6) is 0.875. The molecular formula is C20H23NO2. The van der Waals surface area contributed by atoms with Crippen LogP contribution in [0.4, 0.5) is 5.69 Å². The molecule has 0 aromatic heterocycles. The zero-order chi connectivity index (χ0) is 16.1. The Kier molecular flexibility index (Phi) is 4.65. The second-order valence-corrected chi connectivity index (χ2v) is 6.07. The van der Waals surface area contributed by atoms with Crippen LogP contribution in [0.3, 0.4) is 0 Å². The van der Waals surface area contributed by atoms with Crippen molar-refractivity contribution in [3.8, 4) is 5.75 Å². The van der Waals surface area contributed by atoms with Crippen molar-refractivity contribution in [1.82, 2.24) is 0 Å². The molecule has 120 valence electrons. The van der Waals surface area contributed by atoms with Gasteiger partial charge in [-0.15, -0.1) is 0 Å². The summed E-state index contributed by atoms with van der Waals surface area (Å²) < 4.78 is 5.51. The second-order valence-electron chi connectivity index (χ2n) is 6.07. The molecule has 1 saturated carbocycles. The molecule has 0 bridgehead atoms. The summed E-state index contributed by atoms with van der Waals surface area (Å²) in [6.07, 6.45) is 4.02. The van der Waals surface area contributed by atoms with Crippen LogP contribution in [0.1, 0.15) is 38.2 Å². The summed E-state index contributed by atoms with van der Waals surface area (Å²) in [6, 6.07) is 17.8. The number of carbonyl (C=O) groups is 1. The highest BCUT2D eigenvalue weighted by Crippen LogP contribution is 2.42. The van der Waals surface area contributed by atoms with Crippen molar-refractivity contribution in [2.75, 3.05) is 11.9 Å². The van der Waals surface area contributed by atoms with Gasteiger partial charge in [0.2, 0.25) is 5.91 Å².